The van der Waals surface area contributed by atoms with E-state index in [4.69, 9.17) is 11.6 Å². The van der Waals surface area contributed by atoms with Crippen molar-refractivity contribution in [2.45, 2.75) is 19.9 Å². The maximum atomic E-state index is 11.0. The Morgan fingerprint density at radius 2 is 2.05 bits per heavy atom. The molecule has 19 heavy (non-hydrogen) atoms. The first kappa shape index (κ1) is 13.8. The average Bonchev–Trinajstić information content (AvgIpc) is 2.83. The summed E-state index contributed by atoms with van der Waals surface area (Å²) in [4.78, 5) is 13.0. The Labute approximate surface area is 120 Å². The second kappa shape index (κ2) is 6.04. The Balaban J connectivity index is 2.15. The van der Waals surface area contributed by atoms with Gasteiger partial charge in [0.2, 0.25) is 0 Å². The van der Waals surface area contributed by atoms with Crippen LogP contribution in [-0.2, 0) is 13.0 Å². The van der Waals surface area contributed by atoms with Crippen molar-refractivity contribution in [2.75, 3.05) is 5.32 Å². The molecule has 0 spiro atoms. The van der Waals surface area contributed by atoms with Crippen LogP contribution in [0.1, 0.15) is 16.7 Å². The first-order valence-electron chi connectivity index (χ1n) is 5.86. The van der Waals surface area contributed by atoms with Crippen LogP contribution in [0.2, 0.25) is 5.02 Å². The van der Waals surface area contributed by atoms with Crippen LogP contribution in [0.15, 0.2) is 30.3 Å². The zero-order valence-corrected chi connectivity index (χ0v) is 11.9. The summed E-state index contributed by atoms with van der Waals surface area (Å²) >= 11 is 7.56. The summed E-state index contributed by atoms with van der Waals surface area (Å²) in [5.41, 5.74) is 0.375. The van der Waals surface area contributed by atoms with Gasteiger partial charge in [-0.15, -0.1) is 11.3 Å². The lowest BCUT2D eigenvalue weighted by molar-refractivity contribution is -0.383. The molecule has 0 saturated heterocycles. The number of benzene rings is 1. The Kier molecular flexibility index (Phi) is 4.39. The van der Waals surface area contributed by atoms with Crippen molar-refractivity contribution in [3.8, 4) is 0 Å². The zero-order chi connectivity index (χ0) is 13.8. The van der Waals surface area contributed by atoms with Gasteiger partial charge >= 0.3 is 5.69 Å². The average molecular weight is 297 g/mol. The lowest BCUT2D eigenvalue weighted by Crippen LogP contribution is -2.01. The number of nitrogens with one attached hydrogen (secondary N) is 1. The minimum absolute atomic E-state index is 0.0727. The molecular formula is C13H13ClN2O2S. The van der Waals surface area contributed by atoms with Crippen LogP contribution in [0.25, 0.3) is 0 Å². The number of thiophene rings is 1. The van der Waals surface area contributed by atoms with Crippen molar-refractivity contribution in [1.82, 2.24) is 0 Å². The largest absolute Gasteiger partial charge is 0.375 e. The first-order chi connectivity index (χ1) is 9.11. The topological polar surface area (TPSA) is 55.2 Å². The van der Waals surface area contributed by atoms with E-state index < -0.39 is 4.92 Å². The number of anilines is 1. The summed E-state index contributed by atoms with van der Waals surface area (Å²) in [6.07, 6.45) is 1.00. The Hall–Kier alpha value is -1.59. The third kappa shape index (κ3) is 3.24. The number of para-hydroxylation sites is 1. The van der Waals surface area contributed by atoms with Crippen LogP contribution in [0, 0.1) is 10.1 Å². The summed E-state index contributed by atoms with van der Waals surface area (Å²) in [7, 11) is 0. The second-order valence-corrected chi connectivity index (χ2v) is 5.63. The molecule has 0 amide bonds. The number of rotatable bonds is 5. The van der Waals surface area contributed by atoms with E-state index in [0.29, 0.717) is 12.2 Å². The third-order valence-electron chi connectivity index (χ3n) is 2.69. The van der Waals surface area contributed by atoms with E-state index in [1.165, 1.54) is 10.9 Å². The number of halogens is 1. The highest BCUT2D eigenvalue weighted by atomic mass is 35.5. The number of nitro groups is 1. The molecule has 0 aliphatic heterocycles. The maximum Gasteiger partial charge on any atom is 0.310 e. The van der Waals surface area contributed by atoms with Gasteiger partial charge in [0, 0.05) is 16.3 Å². The van der Waals surface area contributed by atoms with Gasteiger partial charge in [0.25, 0.3) is 0 Å². The first-order valence-corrected chi connectivity index (χ1v) is 7.05. The molecule has 4 nitrogen and oxygen atoms in total. The van der Waals surface area contributed by atoms with E-state index in [1.54, 1.807) is 23.5 Å². The van der Waals surface area contributed by atoms with Gasteiger partial charge in [-0.2, -0.15) is 0 Å². The van der Waals surface area contributed by atoms with Crippen molar-refractivity contribution in [3.63, 3.8) is 0 Å². The van der Waals surface area contributed by atoms with E-state index >= 15 is 0 Å². The summed E-state index contributed by atoms with van der Waals surface area (Å²) in [5.74, 6) is 0. The summed E-state index contributed by atoms with van der Waals surface area (Å²) in [6.45, 7) is 2.66. The van der Waals surface area contributed by atoms with Gasteiger partial charge < -0.3 is 5.32 Å². The van der Waals surface area contributed by atoms with Crippen LogP contribution < -0.4 is 5.32 Å². The van der Waals surface area contributed by atoms with E-state index in [2.05, 4.69) is 18.3 Å². The van der Waals surface area contributed by atoms with Crippen LogP contribution in [0.3, 0.4) is 0 Å². The van der Waals surface area contributed by atoms with E-state index in [0.717, 1.165) is 11.3 Å². The minimum Gasteiger partial charge on any atom is -0.375 e. The lowest BCUT2D eigenvalue weighted by atomic mass is 10.2. The Morgan fingerprint density at radius 3 is 2.68 bits per heavy atom. The number of hydrogen-bond donors (Lipinski definition) is 1. The monoisotopic (exact) mass is 296 g/mol. The highest BCUT2D eigenvalue weighted by Gasteiger charge is 2.17. The standard InChI is InChI=1S/C13H13ClN2O2S/c1-2-9-6-7-10(19-9)8-15-12-5-3-4-11(14)13(12)16(17)18/h3-7,15H,2,8H2,1H3. The Bertz CT molecular complexity index is 598. The molecule has 2 rings (SSSR count). The van der Waals surface area contributed by atoms with Crippen molar-refractivity contribution >= 4 is 34.3 Å². The third-order valence-corrected chi connectivity index (χ3v) is 4.22. The fourth-order valence-corrected chi connectivity index (χ4v) is 2.87. The van der Waals surface area contributed by atoms with Crippen molar-refractivity contribution in [2.24, 2.45) is 0 Å². The molecule has 1 N–H and O–H groups in total. The van der Waals surface area contributed by atoms with Gasteiger partial charge in [0.1, 0.15) is 10.7 Å². The van der Waals surface area contributed by atoms with E-state index in [1.807, 2.05) is 6.07 Å². The quantitative estimate of drug-likeness (QED) is 0.653. The molecule has 0 bridgehead atoms. The molecule has 2 aromatic rings. The van der Waals surface area contributed by atoms with Crippen molar-refractivity contribution in [1.29, 1.82) is 0 Å². The molecular weight excluding hydrogens is 284 g/mol. The van der Waals surface area contributed by atoms with Gasteiger partial charge in [-0.1, -0.05) is 24.6 Å². The maximum absolute atomic E-state index is 11.0. The summed E-state index contributed by atoms with van der Waals surface area (Å²) in [6, 6.07) is 8.99. The molecule has 1 aromatic heterocycles. The van der Waals surface area contributed by atoms with Gasteiger partial charge in [-0.05, 0) is 30.7 Å². The molecule has 100 valence electrons. The molecule has 0 radical (unpaired) electrons. The van der Waals surface area contributed by atoms with Gasteiger partial charge in [0.15, 0.2) is 0 Å². The molecule has 0 saturated carbocycles. The number of nitro benzene ring substituents is 1. The minimum atomic E-state index is -0.462. The van der Waals surface area contributed by atoms with Gasteiger partial charge in [-0.25, -0.2) is 0 Å². The smallest absolute Gasteiger partial charge is 0.310 e. The molecule has 0 unspecified atom stereocenters. The zero-order valence-electron chi connectivity index (χ0n) is 10.4. The fourth-order valence-electron chi connectivity index (χ4n) is 1.73. The second-order valence-electron chi connectivity index (χ2n) is 3.97. The van der Waals surface area contributed by atoms with Crippen LogP contribution >= 0.6 is 22.9 Å². The SMILES string of the molecule is CCc1ccc(CNc2cccc(Cl)c2[N+](=O)[O-])s1. The number of aryl methyl sites for hydroxylation is 1. The molecule has 1 heterocycles. The molecule has 6 heteroatoms. The highest BCUT2D eigenvalue weighted by Crippen LogP contribution is 2.32. The van der Waals surface area contributed by atoms with E-state index in [9.17, 15) is 10.1 Å². The fraction of sp³-hybridized carbons (Fsp3) is 0.231. The van der Waals surface area contributed by atoms with Crippen LogP contribution in [-0.4, -0.2) is 4.92 Å². The summed E-state index contributed by atoms with van der Waals surface area (Å²) < 4.78 is 0. The molecule has 1 aromatic carbocycles. The predicted octanol–water partition coefficient (Wildman–Crippen LogP) is 4.48. The van der Waals surface area contributed by atoms with Crippen LogP contribution in [0.5, 0.6) is 0 Å². The predicted molar refractivity (Wildman–Crippen MR) is 79.1 cm³/mol. The van der Waals surface area contributed by atoms with Gasteiger partial charge in [-0.3, -0.25) is 10.1 Å². The summed E-state index contributed by atoms with van der Waals surface area (Å²) in [5, 5.41) is 14.2. The number of nitrogens with zero attached hydrogens (tertiary/aromatic N) is 1. The normalized spacial score (nSPS) is 10.4. The van der Waals surface area contributed by atoms with Crippen LogP contribution in [0.4, 0.5) is 11.4 Å². The molecule has 0 fully saturated rings. The molecule has 0 atom stereocenters. The molecule has 0 aliphatic carbocycles. The molecule has 0 aliphatic rings. The van der Waals surface area contributed by atoms with E-state index in [-0.39, 0.29) is 10.7 Å². The lowest BCUT2D eigenvalue weighted by Gasteiger charge is -2.06. The van der Waals surface area contributed by atoms with Crippen molar-refractivity contribution < 1.29 is 4.92 Å². The van der Waals surface area contributed by atoms with Gasteiger partial charge in [0.05, 0.1) is 4.92 Å². The highest BCUT2D eigenvalue weighted by molar-refractivity contribution is 7.12. The Morgan fingerprint density at radius 1 is 1.32 bits per heavy atom. The number of hydrogen-bond acceptors (Lipinski definition) is 4. The van der Waals surface area contributed by atoms with Crippen molar-refractivity contribution in [3.05, 3.63) is 55.2 Å².